The summed E-state index contributed by atoms with van der Waals surface area (Å²) in [4.78, 5) is 39.8. The van der Waals surface area contributed by atoms with Crippen LogP contribution in [0.3, 0.4) is 0 Å². The van der Waals surface area contributed by atoms with Crippen LogP contribution in [0, 0.1) is 0 Å². The second kappa shape index (κ2) is 7.69. The third kappa shape index (κ3) is 3.54. The van der Waals surface area contributed by atoms with E-state index in [1.807, 2.05) is 18.2 Å². The van der Waals surface area contributed by atoms with Crippen molar-refractivity contribution in [1.82, 2.24) is 10.2 Å². The van der Waals surface area contributed by atoms with Gasteiger partial charge >= 0.3 is 6.03 Å². The van der Waals surface area contributed by atoms with E-state index < -0.39 is 39.8 Å². The van der Waals surface area contributed by atoms with Crippen LogP contribution in [0.2, 0.25) is 0 Å². The fourth-order valence-corrected chi connectivity index (χ4v) is 5.55. The van der Waals surface area contributed by atoms with E-state index in [-0.39, 0.29) is 5.76 Å². The third-order valence-corrected chi connectivity index (χ3v) is 7.55. The molecule has 1 fully saturated rings. The molecular weight excluding hydrogens is 458 g/mol. The number of imide groups is 1. The van der Waals surface area contributed by atoms with Crippen molar-refractivity contribution in [3.63, 3.8) is 0 Å². The van der Waals surface area contributed by atoms with E-state index in [9.17, 15) is 22.8 Å². The molecule has 2 aliphatic rings. The molecule has 1 aromatic heterocycles. The van der Waals surface area contributed by atoms with Crippen molar-refractivity contribution in [3.05, 3.63) is 65.4 Å². The van der Waals surface area contributed by atoms with Gasteiger partial charge in [0.1, 0.15) is 11.3 Å². The Morgan fingerprint density at radius 2 is 1.91 bits per heavy atom. The number of amides is 3. The number of nitrogens with one attached hydrogen (secondary N) is 1. The van der Waals surface area contributed by atoms with Crippen molar-refractivity contribution in [2.45, 2.75) is 25.3 Å². The molecule has 3 aromatic rings. The summed E-state index contributed by atoms with van der Waals surface area (Å²) in [6.45, 7) is 1.51. The number of Topliss-reactive ketones (excluding diaryl/α,β-unsaturated/α-hetero) is 1. The Kier molecular flexibility index (Phi) is 5.01. The molecule has 34 heavy (non-hydrogen) atoms. The van der Waals surface area contributed by atoms with E-state index in [1.54, 1.807) is 31.2 Å². The lowest BCUT2D eigenvalue weighted by atomic mass is 9.97. The number of nitrogens with zero attached hydrogens (tertiary/aromatic N) is 2. The van der Waals surface area contributed by atoms with Crippen LogP contribution in [-0.4, -0.2) is 50.4 Å². The number of ketones is 1. The molecule has 0 bridgehead atoms. The quantitative estimate of drug-likeness (QED) is 0.442. The average molecular weight is 482 g/mol. The molecule has 0 saturated carbocycles. The maximum absolute atomic E-state index is 13.2. The summed E-state index contributed by atoms with van der Waals surface area (Å²) < 4.78 is 31.3. The van der Waals surface area contributed by atoms with Crippen LogP contribution in [0.15, 0.2) is 52.9 Å². The summed E-state index contributed by atoms with van der Waals surface area (Å²) >= 11 is 0. The molecule has 0 radical (unpaired) electrons. The zero-order chi connectivity index (χ0) is 24.3. The van der Waals surface area contributed by atoms with Crippen LogP contribution in [0.5, 0.6) is 0 Å². The van der Waals surface area contributed by atoms with Gasteiger partial charge in [-0.05, 0) is 55.7 Å². The van der Waals surface area contributed by atoms with Gasteiger partial charge in [0.15, 0.2) is 11.3 Å². The number of hydrogen-bond acceptors (Lipinski definition) is 6. The number of benzene rings is 2. The molecule has 1 atom stereocenters. The Hall–Kier alpha value is -3.66. The van der Waals surface area contributed by atoms with Gasteiger partial charge in [0.25, 0.3) is 5.91 Å². The number of anilines is 1. The Morgan fingerprint density at radius 1 is 1.15 bits per heavy atom. The molecule has 1 saturated heterocycles. The lowest BCUT2D eigenvalue weighted by Crippen LogP contribution is -2.41. The van der Waals surface area contributed by atoms with Gasteiger partial charge in [-0.3, -0.25) is 18.8 Å². The predicted molar refractivity (Wildman–Crippen MR) is 125 cm³/mol. The summed E-state index contributed by atoms with van der Waals surface area (Å²) in [5.74, 6) is -0.709. The number of hydrogen-bond donors (Lipinski definition) is 1. The van der Waals surface area contributed by atoms with Crippen LogP contribution in [0.4, 0.5) is 10.5 Å². The van der Waals surface area contributed by atoms with E-state index >= 15 is 0 Å². The molecule has 9 nitrogen and oxygen atoms in total. The van der Waals surface area contributed by atoms with Crippen molar-refractivity contribution >= 4 is 44.4 Å². The Balaban J connectivity index is 1.39. The minimum atomic E-state index is -3.42. The smallest absolute Gasteiger partial charge is 0.325 e. The monoisotopic (exact) mass is 481 g/mol. The molecule has 1 N–H and O–H groups in total. The van der Waals surface area contributed by atoms with Gasteiger partial charge in [0.2, 0.25) is 10.0 Å². The number of fused-ring (bicyclic) bond motifs is 2. The molecule has 176 valence electrons. The third-order valence-electron chi connectivity index (χ3n) is 6.37. The fraction of sp³-hybridized carbons (Fsp3) is 0.292. The van der Waals surface area contributed by atoms with E-state index in [4.69, 9.17) is 4.42 Å². The largest absolute Gasteiger partial charge is 0.458 e. The number of aryl methyl sites for hydroxylation is 1. The van der Waals surface area contributed by atoms with E-state index in [0.717, 1.165) is 22.1 Å². The highest BCUT2D eigenvalue weighted by Gasteiger charge is 2.51. The zero-order valence-corrected chi connectivity index (χ0v) is 19.5. The number of furan rings is 1. The molecule has 2 aromatic carbocycles. The van der Waals surface area contributed by atoms with Gasteiger partial charge in [-0.1, -0.05) is 18.2 Å². The second-order valence-electron chi connectivity index (χ2n) is 8.80. The average Bonchev–Trinajstić information content (AvgIpc) is 3.33. The summed E-state index contributed by atoms with van der Waals surface area (Å²) in [7, 11) is -3.42. The van der Waals surface area contributed by atoms with Gasteiger partial charge in [0, 0.05) is 17.5 Å². The van der Waals surface area contributed by atoms with E-state index in [0.29, 0.717) is 36.2 Å². The van der Waals surface area contributed by atoms with Crippen molar-refractivity contribution in [3.8, 4) is 0 Å². The van der Waals surface area contributed by atoms with Gasteiger partial charge in [-0.25, -0.2) is 13.2 Å². The first-order valence-corrected chi connectivity index (χ1v) is 12.7. The summed E-state index contributed by atoms with van der Waals surface area (Å²) in [6, 6.07) is 13.1. The highest BCUT2D eigenvalue weighted by Crippen LogP contribution is 2.34. The Morgan fingerprint density at radius 3 is 2.65 bits per heavy atom. The lowest BCUT2D eigenvalue weighted by molar-refractivity contribution is -0.131. The predicted octanol–water partition coefficient (Wildman–Crippen LogP) is 2.79. The topological polar surface area (TPSA) is 117 Å². The molecule has 5 rings (SSSR count). The molecule has 3 amide bonds. The molecule has 2 aliphatic heterocycles. The minimum absolute atomic E-state index is 0.289. The van der Waals surface area contributed by atoms with Crippen LogP contribution in [-0.2, 0) is 26.8 Å². The highest BCUT2D eigenvalue weighted by molar-refractivity contribution is 7.92. The van der Waals surface area contributed by atoms with Crippen LogP contribution in [0.1, 0.15) is 35.0 Å². The minimum Gasteiger partial charge on any atom is -0.458 e. The van der Waals surface area contributed by atoms with Crippen LogP contribution >= 0.6 is 0 Å². The van der Waals surface area contributed by atoms with E-state index in [2.05, 4.69) is 5.32 Å². The first-order valence-electron chi connectivity index (χ1n) is 10.8. The number of urea groups is 1. The summed E-state index contributed by atoms with van der Waals surface area (Å²) in [6.07, 6.45) is 2.42. The van der Waals surface area contributed by atoms with Crippen molar-refractivity contribution < 1.29 is 27.2 Å². The second-order valence-corrected chi connectivity index (χ2v) is 10.7. The Bertz CT molecular complexity index is 1430. The number of carbonyl (C=O) groups is 3. The molecule has 0 unspecified atom stereocenters. The van der Waals surface area contributed by atoms with Gasteiger partial charge < -0.3 is 9.73 Å². The van der Waals surface area contributed by atoms with Crippen molar-refractivity contribution in [1.29, 1.82) is 0 Å². The number of rotatable bonds is 5. The molecule has 10 heteroatoms. The highest BCUT2D eigenvalue weighted by atomic mass is 32.2. The van der Waals surface area contributed by atoms with E-state index in [1.165, 1.54) is 10.4 Å². The Labute approximate surface area is 196 Å². The zero-order valence-electron chi connectivity index (χ0n) is 18.7. The van der Waals surface area contributed by atoms with Crippen LogP contribution in [0.25, 0.3) is 11.0 Å². The maximum atomic E-state index is 13.2. The SMILES string of the molecule is C[C@@]1(c2cc3ccccc3o2)NC(=O)N(CC(=O)c2ccc3c(c2)CCCN3S(C)(=O)=O)C1=O. The molecular formula is C24H23N3O6S. The molecule has 3 heterocycles. The van der Waals surface area contributed by atoms with Crippen LogP contribution < -0.4 is 9.62 Å². The molecule has 0 aliphatic carbocycles. The van der Waals surface area contributed by atoms with Crippen molar-refractivity contribution in [2.75, 3.05) is 23.7 Å². The first kappa shape index (κ1) is 22.1. The molecule has 0 spiro atoms. The standard InChI is InChI=1S/C24H23N3O6S/c1-24(21-13-17-6-3-4-8-20(17)33-21)22(29)26(23(30)25-24)14-19(28)16-9-10-18-15(12-16)7-5-11-27(18)34(2,31)32/h3-4,6,8-10,12-13H,5,7,11,14H2,1-2H3,(H,25,30)/t24-/m0/s1. The fourth-order valence-electron chi connectivity index (χ4n) is 4.55. The first-order chi connectivity index (χ1) is 16.1. The van der Waals surface area contributed by atoms with Gasteiger partial charge in [-0.15, -0.1) is 0 Å². The van der Waals surface area contributed by atoms with Crippen molar-refractivity contribution in [2.24, 2.45) is 0 Å². The number of carbonyl (C=O) groups excluding carboxylic acids is 3. The maximum Gasteiger partial charge on any atom is 0.325 e. The van der Waals surface area contributed by atoms with Gasteiger partial charge in [0.05, 0.1) is 18.5 Å². The van der Waals surface area contributed by atoms with Gasteiger partial charge in [-0.2, -0.15) is 0 Å². The number of sulfonamides is 1. The summed E-state index contributed by atoms with van der Waals surface area (Å²) in [5.41, 5.74) is 0.770. The summed E-state index contributed by atoms with van der Waals surface area (Å²) in [5, 5.41) is 3.45. The number of para-hydroxylation sites is 1. The lowest BCUT2D eigenvalue weighted by Gasteiger charge is -2.29. The normalized spacial score (nSPS) is 20.5.